The first-order valence-corrected chi connectivity index (χ1v) is 3.15. The average molecular weight is 173 g/mol. The largest absolute Gasteiger partial charge is 0.404 e. The summed E-state index contributed by atoms with van der Waals surface area (Å²) in [6.07, 6.45) is -4.36. The number of hydrogen-bond acceptors (Lipinski definition) is 2. The second kappa shape index (κ2) is 2.62. The Morgan fingerprint density at radius 1 is 1.30 bits per heavy atom. The average Bonchev–Trinajstić information content (AvgIpc) is 1.59. The fraction of sp³-hybridized carbons (Fsp3) is 1.00. The van der Waals surface area contributed by atoms with Crippen LogP contribution in [0, 0.1) is 0 Å². The molecule has 0 bridgehead atoms. The second-order valence-corrected chi connectivity index (χ2v) is 3.83. The lowest BCUT2D eigenvalue weighted by molar-refractivity contribution is -0.152. The number of halogens is 3. The maximum atomic E-state index is 11.8. The minimum absolute atomic E-state index is 1.21. The Morgan fingerprint density at radius 2 is 1.60 bits per heavy atom. The van der Waals surface area contributed by atoms with Crippen LogP contribution in [0.1, 0.15) is 13.8 Å². The number of hydrogen-bond donors (Lipinski definition) is 2. The molecule has 0 aliphatic carbocycles. The lowest BCUT2D eigenvalue weighted by Gasteiger charge is -2.27. The van der Waals surface area contributed by atoms with E-state index in [1.54, 1.807) is 0 Å². The SMILES string of the molecule is CC(C)(S)[C@@H](N)C(F)(F)F. The molecule has 0 spiro atoms. The highest BCUT2D eigenvalue weighted by atomic mass is 32.1. The molecule has 1 atom stereocenters. The molecule has 0 rings (SSSR count). The summed E-state index contributed by atoms with van der Waals surface area (Å²) < 4.78 is 34.1. The van der Waals surface area contributed by atoms with Crippen molar-refractivity contribution < 1.29 is 13.2 Å². The number of nitrogens with two attached hydrogens (primary N) is 1. The normalized spacial score (nSPS) is 17.1. The third-order valence-corrected chi connectivity index (χ3v) is 1.39. The molecule has 62 valence electrons. The first kappa shape index (κ1) is 10.1. The summed E-state index contributed by atoms with van der Waals surface area (Å²) in [7, 11) is 0. The zero-order valence-electron chi connectivity index (χ0n) is 5.74. The van der Waals surface area contributed by atoms with Crippen molar-refractivity contribution in [2.45, 2.75) is 30.8 Å². The van der Waals surface area contributed by atoms with Gasteiger partial charge >= 0.3 is 6.18 Å². The van der Waals surface area contributed by atoms with Crippen molar-refractivity contribution in [2.75, 3.05) is 0 Å². The molecule has 0 radical (unpaired) electrons. The van der Waals surface area contributed by atoms with E-state index in [4.69, 9.17) is 5.73 Å². The van der Waals surface area contributed by atoms with Crippen LogP contribution in [0.25, 0.3) is 0 Å². The Kier molecular flexibility index (Phi) is 2.64. The van der Waals surface area contributed by atoms with Crippen LogP contribution >= 0.6 is 12.6 Å². The molecule has 0 unspecified atom stereocenters. The van der Waals surface area contributed by atoms with E-state index >= 15 is 0 Å². The van der Waals surface area contributed by atoms with Crippen molar-refractivity contribution in [1.29, 1.82) is 0 Å². The molecule has 0 aromatic rings. The molecule has 1 nitrogen and oxygen atoms in total. The van der Waals surface area contributed by atoms with Gasteiger partial charge in [0.15, 0.2) is 0 Å². The molecule has 0 aliphatic heterocycles. The van der Waals surface area contributed by atoms with Crippen molar-refractivity contribution in [3.05, 3.63) is 0 Å². The third-order valence-electron chi connectivity index (χ3n) is 1.11. The molecule has 10 heavy (non-hydrogen) atoms. The number of thiol groups is 1. The lowest BCUT2D eigenvalue weighted by Crippen LogP contribution is -2.50. The van der Waals surface area contributed by atoms with Crippen molar-refractivity contribution in [3.63, 3.8) is 0 Å². The summed E-state index contributed by atoms with van der Waals surface area (Å²) in [6, 6.07) is -1.87. The van der Waals surface area contributed by atoms with E-state index in [0.717, 1.165) is 0 Å². The molecule has 0 aromatic heterocycles. The van der Waals surface area contributed by atoms with Crippen molar-refractivity contribution in [1.82, 2.24) is 0 Å². The van der Waals surface area contributed by atoms with Gasteiger partial charge in [-0.1, -0.05) is 0 Å². The highest BCUT2D eigenvalue weighted by molar-refractivity contribution is 7.81. The Labute approximate surface area is 63.2 Å². The summed E-state index contributed by atoms with van der Waals surface area (Å²) in [5.41, 5.74) is 4.83. The van der Waals surface area contributed by atoms with Crippen molar-refractivity contribution in [3.8, 4) is 0 Å². The smallest absolute Gasteiger partial charge is 0.319 e. The van der Waals surface area contributed by atoms with E-state index in [1.165, 1.54) is 13.8 Å². The van der Waals surface area contributed by atoms with Gasteiger partial charge in [-0.2, -0.15) is 25.8 Å². The fourth-order valence-electron chi connectivity index (χ4n) is 0.401. The van der Waals surface area contributed by atoms with Crippen LogP contribution in [0.3, 0.4) is 0 Å². The van der Waals surface area contributed by atoms with E-state index < -0.39 is 17.0 Å². The molecular formula is C5H10F3NS. The second-order valence-electron chi connectivity index (χ2n) is 2.67. The van der Waals surface area contributed by atoms with Gasteiger partial charge in [-0.05, 0) is 13.8 Å². The Bertz CT molecular complexity index is 101. The predicted octanol–water partition coefficient (Wildman–Crippen LogP) is 1.58. The first-order chi connectivity index (χ1) is 4.15. The van der Waals surface area contributed by atoms with E-state index in [-0.39, 0.29) is 0 Å². The van der Waals surface area contributed by atoms with Crippen molar-refractivity contribution >= 4 is 12.6 Å². The zero-order chi connectivity index (χ0) is 8.58. The summed E-state index contributed by atoms with van der Waals surface area (Å²) in [5, 5.41) is 0. The van der Waals surface area contributed by atoms with Gasteiger partial charge in [-0.15, -0.1) is 0 Å². The van der Waals surface area contributed by atoms with Gasteiger partial charge in [-0.3, -0.25) is 0 Å². The van der Waals surface area contributed by atoms with Gasteiger partial charge in [0.2, 0.25) is 0 Å². The van der Waals surface area contributed by atoms with Crippen LogP contribution in [0.15, 0.2) is 0 Å². The van der Waals surface area contributed by atoms with E-state index in [0.29, 0.717) is 0 Å². The molecule has 0 amide bonds. The Hall–Kier alpha value is 0.100. The van der Waals surface area contributed by atoms with Gasteiger partial charge in [0.1, 0.15) is 6.04 Å². The summed E-state index contributed by atoms with van der Waals surface area (Å²) >= 11 is 3.70. The molecule has 0 aromatic carbocycles. The molecule has 2 N–H and O–H groups in total. The van der Waals surface area contributed by atoms with E-state index in [1.807, 2.05) is 0 Å². The minimum Gasteiger partial charge on any atom is -0.319 e. The van der Waals surface area contributed by atoms with E-state index in [2.05, 4.69) is 12.6 Å². The zero-order valence-corrected chi connectivity index (χ0v) is 6.63. The molecule has 0 saturated heterocycles. The predicted molar refractivity (Wildman–Crippen MR) is 37.1 cm³/mol. The number of alkyl halides is 3. The van der Waals surface area contributed by atoms with Crippen LogP contribution in [0.5, 0.6) is 0 Å². The third kappa shape index (κ3) is 2.79. The van der Waals surface area contributed by atoms with Crippen LogP contribution in [0.4, 0.5) is 13.2 Å². The molecular weight excluding hydrogens is 163 g/mol. The topological polar surface area (TPSA) is 26.0 Å². The van der Waals surface area contributed by atoms with Crippen LogP contribution in [-0.2, 0) is 0 Å². The quantitative estimate of drug-likeness (QED) is 0.578. The van der Waals surface area contributed by atoms with Crippen LogP contribution in [-0.4, -0.2) is 17.0 Å². The Morgan fingerprint density at radius 3 is 1.60 bits per heavy atom. The maximum Gasteiger partial charge on any atom is 0.404 e. The lowest BCUT2D eigenvalue weighted by atomic mass is 10.0. The molecule has 0 fully saturated rings. The minimum atomic E-state index is -4.36. The molecule has 5 heteroatoms. The van der Waals surface area contributed by atoms with Crippen LogP contribution in [0.2, 0.25) is 0 Å². The summed E-state index contributed by atoms with van der Waals surface area (Å²) in [4.78, 5) is 0. The fourth-order valence-corrected chi connectivity index (χ4v) is 0.547. The Balaban J connectivity index is 4.23. The summed E-state index contributed by atoms with van der Waals surface area (Å²) in [6.45, 7) is 2.66. The standard InChI is InChI=1S/C5H10F3NS/c1-4(2,10)3(9)5(6,7)8/h3,10H,9H2,1-2H3/t3-/m1/s1. The first-order valence-electron chi connectivity index (χ1n) is 2.70. The monoisotopic (exact) mass is 173 g/mol. The van der Waals surface area contributed by atoms with Crippen LogP contribution < -0.4 is 5.73 Å². The summed E-state index contributed by atoms with van der Waals surface area (Å²) in [5.74, 6) is 0. The molecule has 0 aliphatic rings. The maximum absolute atomic E-state index is 11.8. The van der Waals surface area contributed by atoms with Gasteiger partial charge in [-0.25, -0.2) is 0 Å². The van der Waals surface area contributed by atoms with E-state index in [9.17, 15) is 13.2 Å². The number of rotatable bonds is 1. The highest BCUT2D eigenvalue weighted by Gasteiger charge is 2.44. The molecule has 0 saturated carbocycles. The highest BCUT2D eigenvalue weighted by Crippen LogP contribution is 2.29. The molecule has 0 heterocycles. The van der Waals surface area contributed by atoms with Crippen molar-refractivity contribution in [2.24, 2.45) is 5.73 Å². The van der Waals surface area contributed by atoms with Gasteiger partial charge in [0, 0.05) is 4.75 Å². The van der Waals surface area contributed by atoms with Gasteiger partial charge < -0.3 is 5.73 Å². The van der Waals surface area contributed by atoms with Gasteiger partial charge in [0.25, 0.3) is 0 Å². The van der Waals surface area contributed by atoms with Gasteiger partial charge in [0.05, 0.1) is 0 Å².